The van der Waals surface area contributed by atoms with Crippen LogP contribution in [0.2, 0.25) is 0 Å². The van der Waals surface area contributed by atoms with E-state index >= 15 is 0 Å². The maximum atomic E-state index is 13.2. The molecule has 1 rings (SSSR count). The van der Waals surface area contributed by atoms with Gasteiger partial charge in [0, 0.05) is 18.9 Å². The van der Waals surface area contributed by atoms with Gasteiger partial charge in [0.05, 0.1) is 12.0 Å². The summed E-state index contributed by atoms with van der Waals surface area (Å²) in [6.45, 7) is 12.3. The number of amides is 3. The first kappa shape index (κ1) is 30.1. The molecule has 0 heterocycles. The summed E-state index contributed by atoms with van der Waals surface area (Å²) < 4.78 is 5.24. The summed E-state index contributed by atoms with van der Waals surface area (Å²) in [5.74, 6) is -0.316. The summed E-state index contributed by atoms with van der Waals surface area (Å²) in [7, 11) is 0. The van der Waals surface area contributed by atoms with Gasteiger partial charge in [-0.1, -0.05) is 65.8 Å². The Morgan fingerprint density at radius 2 is 1.54 bits per heavy atom. The van der Waals surface area contributed by atoms with E-state index in [9.17, 15) is 19.2 Å². The molecule has 8 heteroatoms. The average Bonchev–Trinajstić information content (AvgIpc) is 2.77. The summed E-state index contributed by atoms with van der Waals surface area (Å²) in [5.41, 5.74) is 6.77. The SMILES string of the molecule is CC(C)C[C@H](C(=O)N[C@@H](CCCNC(N)=O)C(=O)Cc1ccc(COC(=O)C(C)C)cc1)C(C)C. The molecule has 4 N–H and O–H groups in total. The molecular formula is C27H43N3O5. The first-order chi connectivity index (χ1) is 16.4. The number of Topliss-reactive ketones (excluding diaryl/α,β-unsaturated/α-hetero) is 1. The molecule has 3 amide bonds. The molecule has 2 atom stereocenters. The molecule has 0 fully saturated rings. The Morgan fingerprint density at radius 1 is 0.943 bits per heavy atom. The van der Waals surface area contributed by atoms with Gasteiger partial charge in [-0.3, -0.25) is 14.4 Å². The van der Waals surface area contributed by atoms with Gasteiger partial charge in [-0.2, -0.15) is 0 Å². The molecule has 0 saturated heterocycles. The number of urea groups is 1. The Kier molecular flexibility index (Phi) is 13.1. The fraction of sp³-hybridized carbons (Fsp3) is 0.630. The van der Waals surface area contributed by atoms with Crippen LogP contribution < -0.4 is 16.4 Å². The highest BCUT2D eigenvalue weighted by molar-refractivity contribution is 5.91. The number of nitrogens with two attached hydrogens (primary N) is 1. The summed E-state index contributed by atoms with van der Waals surface area (Å²) >= 11 is 0. The Bertz CT molecular complexity index is 834. The third-order valence-electron chi connectivity index (χ3n) is 5.79. The second-order valence-electron chi connectivity index (χ2n) is 10.2. The molecular weight excluding hydrogens is 446 g/mol. The highest BCUT2D eigenvalue weighted by Gasteiger charge is 2.28. The Hall–Kier alpha value is -2.90. The maximum Gasteiger partial charge on any atom is 0.312 e. The lowest BCUT2D eigenvalue weighted by molar-refractivity contribution is -0.148. The van der Waals surface area contributed by atoms with Crippen molar-refractivity contribution in [3.8, 4) is 0 Å². The molecule has 0 spiro atoms. The number of esters is 1. The van der Waals surface area contributed by atoms with Crippen LogP contribution in [0.4, 0.5) is 4.79 Å². The fourth-order valence-electron chi connectivity index (χ4n) is 3.70. The van der Waals surface area contributed by atoms with Crippen molar-refractivity contribution in [1.29, 1.82) is 0 Å². The van der Waals surface area contributed by atoms with Gasteiger partial charge in [-0.15, -0.1) is 0 Å². The number of hydrogen-bond donors (Lipinski definition) is 3. The molecule has 0 aliphatic carbocycles. The van der Waals surface area contributed by atoms with Crippen molar-refractivity contribution < 1.29 is 23.9 Å². The van der Waals surface area contributed by atoms with E-state index in [0.29, 0.717) is 25.3 Å². The molecule has 0 saturated carbocycles. The molecule has 0 aliphatic rings. The van der Waals surface area contributed by atoms with Crippen LogP contribution in [0.3, 0.4) is 0 Å². The first-order valence-electron chi connectivity index (χ1n) is 12.5. The number of primary amides is 1. The van der Waals surface area contributed by atoms with E-state index in [1.54, 1.807) is 13.8 Å². The smallest absolute Gasteiger partial charge is 0.312 e. The molecule has 0 aromatic heterocycles. The van der Waals surface area contributed by atoms with E-state index < -0.39 is 12.1 Å². The third-order valence-corrected chi connectivity index (χ3v) is 5.79. The van der Waals surface area contributed by atoms with Crippen LogP contribution in [-0.2, 0) is 32.1 Å². The van der Waals surface area contributed by atoms with Crippen molar-refractivity contribution >= 4 is 23.7 Å². The molecule has 35 heavy (non-hydrogen) atoms. The highest BCUT2D eigenvalue weighted by Crippen LogP contribution is 2.21. The lowest BCUT2D eigenvalue weighted by Crippen LogP contribution is -2.46. The second kappa shape index (κ2) is 15.2. The molecule has 196 valence electrons. The zero-order chi connectivity index (χ0) is 26.5. The lowest BCUT2D eigenvalue weighted by Gasteiger charge is -2.25. The number of benzene rings is 1. The van der Waals surface area contributed by atoms with Crippen molar-refractivity contribution in [2.24, 2.45) is 29.4 Å². The maximum absolute atomic E-state index is 13.2. The second-order valence-corrected chi connectivity index (χ2v) is 10.2. The number of carbonyl (C=O) groups excluding carboxylic acids is 4. The van der Waals surface area contributed by atoms with Gasteiger partial charge in [0.1, 0.15) is 6.61 Å². The number of nitrogens with one attached hydrogen (secondary N) is 2. The summed E-state index contributed by atoms with van der Waals surface area (Å²) in [5, 5.41) is 5.50. The van der Waals surface area contributed by atoms with E-state index in [0.717, 1.165) is 17.5 Å². The van der Waals surface area contributed by atoms with E-state index in [4.69, 9.17) is 10.5 Å². The van der Waals surface area contributed by atoms with Crippen LogP contribution in [0, 0.1) is 23.7 Å². The zero-order valence-corrected chi connectivity index (χ0v) is 22.1. The first-order valence-corrected chi connectivity index (χ1v) is 12.5. The molecule has 1 aromatic rings. The summed E-state index contributed by atoms with van der Waals surface area (Å²) in [6, 6.07) is 6.06. The van der Waals surface area contributed by atoms with Gasteiger partial charge in [0.25, 0.3) is 0 Å². The largest absolute Gasteiger partial charge is 0.461 e. The molecule has 1 aromatic carbocycles. The van der Waals surface area contributed by atoms with Crippen molar-refractivity contribution in [3.63, 3.8) is 0 Å². The topological polar surface area (TPSA) is 128 Å². The van der Waals surface area contributed by atoms with E-state index in [2.05, 4.69) is 24.5 Å². The highest BCUT2D eigenvalue weighted by atomic mass is 16.5. The summed E-state index contributed by atoms with van der Waals surface area (Å²) in [4.78, 5) is 48.8. The Balaban J connectivity index is 2.85. The van der Waals surface area contributed by atoms with Crippen LogP contribution in [-0.4, -0.2) is 36.3 Å². The van der Waals surface area contributed by atoms with Gasteiger partial charge >= 0.3 is 12.0 Å². The quantitative estimate of drug-likeness (QED) is 0.255. The molecule has 0 aliphatic heterocycles. The van der Waals surface area contributed by atoms with E-state index in [-0.39, 0.29) is 48.4 Å². The normalized spacial score (nSPS) is 12.9. The van der Waals surface area contributed by atoms with Gasteiger partial charge in [-0.05, 0) is 42.2 Å². The molecule has 0 unspecified atom stereocenters. The number of ketones is 1. The number of ether oxygens (including phenoxy) is 1. The van der Waals surface area contributed by atoms with Crippen LogP contribution >= 0.6 is 0 Å². The van der Waals surface area contributed by atoms with Gasteiger partial charge in [-0.25, -0.2) is 4.79 Å². The Labute approximate surface area is 209 Å². The van der Waals surface area contributed by atoms with Crippen LogP contribution in [0.1, 0.15) is 71.9 Å². The zero-order valence-electron chi connectivity index (χ0n) is 22.1. The predicted octanol–water partition coefficient (Wildman–Crippen LogP) is 3.75. The van der Waals surface area contributed by atoms with Crippen molar-refractivity contribution in [2.45, 2.75) is 79.9 Å². The predicted molar refractivity (Wildman–Crippen MR) is 136 cm³/mol. The van der Waals surface area contributed by atoms with E-state index in [1.165, 1.54) is 0 Å². The fourth-order valence-corrected chi connectivity index (χ4v) is 3.70. The minimum atomic E-state index is -0.655. The van der Waals surface area contributed by atoms with Gasteiger partial charge < -0.3 is 21.1 Å². The van der Waals surface area contributed by atoms with Crippen LogP contribution in [0.15, 0.2) is 24.3 Å². The average molecular weight is 490 g/mol. The van der Waals surface area contributed by atoms with Crippen molar-refractivity contribution in [2.75, 3.05) is 6.54 Å². The minimum Gasteiger partial charge on any atom is -0.461 e. The van der Waals surface area contributed by atoms with Crippen LogP contribution in [0.5, 0.6) is 0 Å². The molecule has 8 nitrogen and oxygen atoms in total. The number of hydrogen-bond acceptors (Lipinski definition) is 5. The van der Waals surface area contributed by atoms with Gasteiger partial charge in [0.15, 0.2) is 5.78 Å². The van der Waals surface area contributed by atoms with Crippen molar-refractivity contribution in [3.05, 3.63) is 35.4 Å². The molecule has 0 bridgehead atoms. The van der Waals surface area contributed by atoms with Crippen LogP contribution in [0.25, 0.3) is 0 Å². The third kappa shape index (κ3) is 11.9. The lowest BCUT2D eigenvalue weighted by atomic mass is 9.86. The Morgan fingerprint density at radius 3 is 2.06 bits per heavy atom. The minimum absolute atomic E-state index is 0.0940. The standard InChI is InChI=1S/C27H43N3O5/c1-17(2)14-22(18(3)4)25(32)30-23(8-7-13-29-27(28)34)24(31)15-20-9-11-21(12-10-20)16-35-26(33)19(5)6/h9-12,17-19,22-23H,7-8,13-16H2,1-6H3,(H,30,32)(H3,28,29,34)/t22-,23-/m0/s1. The van der Waals surface area contributed by atoms with E-state index in [1.807, 2.05) is 38.1 Å². The number of carbonyl (C=O) groups is 4. The number of rotatable bonds is 15. The van der Waals surface area contributed by atoms with Gasteiger partial charge in [0.2, 0.25) is 5.91 Å². The summed E-state index contributed by atoms with van der Waals surface area (Å²) in [6.07, 6.45) is 1.82. The molecule has 0 radical (unpaired) electrons. The van der Waals surface area contributed by atoms with Crippen molar-refractivity contribution in [1.82, 2.24) is 10.6 Å². The monoisotopic (exact) mass is 489 g/mol.